The lowest BCUT2D eigenvalue weighted by atomic mass is 9.93. The minimum absolute atomic E-state index is 0.524. The number of hydrogen-bond acceptors (Lipinski definition) is 4. The molecular weight excluding hydrogens is 262 g/mol. The maximum atomic E-state index is 5.05. The van der Waals surface area contributed by atoms with Crippen LogP contribution < -0.4 is 4.74 Å². The highest BCUT2D eigenvalue weighted by atomic mass is 16.5. The van der Waals surface area contributed by atoms with Gasteiger partial charge in [0.25, 0.3) is 0 Å². The zero-order valence-electron chi connectivity index (χ0n) is 12.6. The van der Waals surface area contributed by atoms with Gasteiger partial charge in [0.2, 0.25) is 5.88 Å². The molecular formula is C17H21N3O. The van der Waals surface area contributed by atoms with Crippen LogP contribution >= 0.6 is 0 Å². The molecule has 3 rings (SSSR count). The topological polar surface area (TPSA) is 38.2 Å². The number of methoxy groups -OCH3 is 1. The summed E-state index contributed by atoms with van der Waals surface area (Å²) in [5.41, 5.74) is 2.43. The molecule has 2 aromatic rings. The van der Waals surface area contributed by atoms with Crippen molar-refractivity contribution in [3.05, 3.63) is 53.7 Å². The van der Waals surface area contributed by atoms with Crippen LogP contribution in [0.3, 0.4) is 0 Å². The molecule has 1 aromatic heterocycles. The third-order valence-corrected chi connectivity index (χ3v) is 4.38. The summed E-state index contributed by atoms with van der Waals surface area (Å²) in [6.07, 6.45) is 1.20. The van der Waals surface area contributed by atoms with Crippen LogP contribution in [0.25, 0.3) is 0 Å². The lowest BCUT2D eigenvalue weighted by molar-refractivity contribution is 0.247. The third kappa shape index (κ3) is 3.05. The zero-order valence-corrected chi connectivity index (χ0v) is 12.6. The maximum absolute atomic E-state index is 5.05. The van der Waals surface area contributed by atoms with E-state index < -0.39 is 0 Å². The second-order valence-corrected chi connectivity index (χ2v) is 5.58. The summed E-state index contributed by atoms with van der Waals surface area (Å²) in [6, 6.07) is 15.2. The smallest absolute Gasteiger partial charge is 0.233 e. The zero-order chi connectivity index (χ0) is 14.7. The van der Waals surface area contributed by atoms with Gasteiger partial charge in [0.1, 0.15) is 0 Å². The molecule has 4 heteroatoms. The van der Waals surface area contributed by atoms with Crippen molar-refractivity contribution < 1.29 is 4.74 Å². The highest BCUT2D eigenvalue weighted by Gasteiger charge is 2.31. The lowest BCUT2D eigenvalue weighted by Gasteiger charge is -2.24. The van der Waals surface area contributed by atoms with E-state index in [-0.39, 0.29) is 0 Å². The third-order valence-electron chi connectivity index (χ3n) is 4.38. The molecule has 0 N–H and O–H groups in total. The van der Waals surface area contributed by atoms with Crippen molar-refractivity contribution in [2.45, 2.75) is 31.8 Å². The second kappa shape index (κ2) is 6.22. The van der Waals surface area contributed by atoms with E-state index in [0.29, 0.717) is 17.8 Å². The van der Waals surface area contributed by atoms with E-state index in [2.05, 4.69) is 52.4 Å². The molecule has 0 radical (unpaired) electrons. The van der Waals surface area contributed by atoms with E-state index in [0.717, 1.165) is 18.8 Å². The monoisotopic (exact) mass is 283 g/mol. The first-order chi connectivity index (χ1) is 10.3. The molecule has 110 valence electrons. The van der Waals surface area contributed by atoms with Crippen molar-refractivity contribution in [2.75, 3.05) is 13.7 Å². The van der Waals surface area contributed by atoms with Crippen LogP contribution in [0.15, 0.2) is 42.5 Å². The molecule has 0 amide bonds. The molecule has 1 fully saturated rings. The fraction of sp³-hybridized carbons (Fsp3) is 0.412. The molecule has 2 atom stereocenters. The molecule has 1 aromatic carbocycles. The number of aromatic nitrogens is 2. The molecule has 1 aliphatic heterocycles. The largest absolute Gasteiger partial charge is 0.480 e. The Morgan fingerprint density at radius 3 is 2.62 bits per heavy atom. The standard InChI is InChI=1S/C17H21N3O/c1-13-16(14-6-4-3-5-7-14)10-11-20(13)12-15-8-9-17(21-2)19-18-15/h3-9,13,16H,10-12H2,1-2H3/t13-,16-/m1/s1. The van der Waals surface area contributed by atoms with Gasteiger partial charge < -0.3 is 4.74 Å². The van der Waals surface area contributed by atoms with Gasteiger partial charge in [-0.2, -0.15) is 5.10 Å². The maximum Gasteiger partial charge on any atom is 0.233 e. The minimum Gasteiger partial charge on any atom is -0.480 e. The molecule has 4 nitrogen and oxygen atoms in total. The second-order valence-electron chi connectivity index (χ2n) is 5.58. The van der Waals surface area contributed by atoms with Gasteiger partial charge in [-0.3, -0.25) is 4.90 Å². The Morgan fingerprint density at radius 1 is 1.14 bits per heavy atom. The van der Waals surface area contributed by atoms with Crippen molar-refractivity contribution in [3.63, 3.8) is 0 Å². The normalized spacial score (nSPS) is 22.4. The van der Waals surface area contributed by atoms with Gasteiger partial charge in [0.15, 0.2) is 0 Å². The predicted molar refractivity (Wildman–Crippen MR) is 82.3 cm³/mol. The lowest BCUT2D eigenvalue weighted by Crippen LogP contribution is -2.29. The Labute approximate surface area is 125 Å². The van der Waals surface area contributed by atoms with Crippen LogP contribution in [0.5, 0.6) is 5.88 Å². The number of hydrogen-bond donors (Lipinski definition) is 0. The molecule has 1 aliphatic rings. The number of benzene rings is 1. The summed E-state index contributed by atoms with van der Waals surface area (Å²) in [5.74, 6) is 1.17. The van der Waals surface area contributed by atoms with Gasteiger partial charge in [-0.1, -0.05) is 30.3 Å². The van der Waals surface area contributed by atoms with Crippen molar-refractivity contribution >= 4 is 0 Å². The van der Waals surface area contributed by atoms with Crippen LogP contribution in [0.2, 0.25) is 0 Å². The Balaban J connectivity index is 1.67. The Morgan fingerprint density at radius 2 is 1.95 bits per heavy atom. The highest BCUT2D eigenvalue weighted by molar-refractivity contribution is 5.23. The average molecular weight is 283 g/mol. The van der Waals surface area contributed by atoms with Gasteiger partial charge in [0, 0.05) is 24.6 Å². The van der Waals surface area contributed by atoms with E-state index in [1.807, 2.05) is 12.1 Å². The van der Waals surface area contributed by atoms with E-state index in [1.165, 1.54) is 12.0 Å². The Bertz CT molecular complexity index is 570. The summed E-state index contributed by atoms with van der Waals surface area (Å²) >= 11 is 0. The fourth-order valence-corrected chi connectivity index (χ4v) is 3.12. The Hall–Kier alpha value is -1.94. The molecule has 0 aliphatic carbocycles. The van der Waals surface area contributed by atoms with Crippen molar-refractivity contribution in [2.24, 2.45) is 0 Å². The molecule has 0 unspecified atom stereocenters. The number of rotatable bonds is 4. The van der Waals surface area contributed by atoms with Crippen LogP contribution in [0, 0.1) is 0 Å². The van der Waals surface area contributed by atoms with Gasteiger partial charge in [-0.25, -0.2) is 0 Å². The number of ether oxygens (including phenoxy) is 1. The first kappa shape index (κ1) is 14.0. The fourth-order valence-electron chi connectivity index (χ4n) is 3.12. The van der Waals surface area contributed by atoms with Gasteiger partial charge in [0.05, 0.1) is 12.8 Å². The van der Waals surface area contributed by atoms with E-state index in [9.17, 15) is 0 Å². The summed E-state index contributed by atoms with van der Waals surface area (Å²) in [4.78, 5) is 2.48. The first-order valence-corrected chi connectivity index (χ1v) is 7.43. The van der Waals surface area contributed by atoms with Crippen LogP contribution in [0.1, 0.15) is 30.5 Å². The molecule has 2 heterocycles. The number of likely N-dealkylation sites (tertiary alicyclic amines) is 1. The first-order valence-electron chi connectivity index (χ1n) is 7.43. The van der Waals surface area contributed by atoms with E-state index >= 15 is 0 Å². The number of nitrogens with zero attached hydrogens (tertiary/aromatic N) is 3. The van der Waals surface area contributed by atoms with E-state index in [1.54, 1.807) is 7.11 Å². The van der Waals surface area contributed by atoms with Crippen LogP contribution in [-0.2, 0) is 6.54 Å². The summed E-state index contributed by atoms with van der Waals surface area (Å²) in [5, 5.41) is 8.27. The summed E-state index contributed by atoms with van der Waals surface area (Å²) < 4.78 is 5.05. The quantitative estimate of drug-likeness (QED) is 0.865. The SMILES string of the molecule is COc1ccc(CN2CC[C@@H](c3ccccc3)[C@H]2C)nn1. The van der Waals surface area contributed by atoms with Crippen LogP contribution in [-0.4, -0.2) is 34.8 Å². The molecule has 21 heavy (non-hydrogen) atoms. The van der Waals surface area contributed by atoms with E-state index in [4.69, 9.17) is 4.74 Å². The minimum atomic E-state index is 0.524. The highest BCUT2D eigenvalue weighted by Crippen LogP contribution is 2.33. The van der Waals surface area contributed by atoms with Crippen molar-refractivity contribution in [1.82, 2.24) is 15.1 Å². The summed E-state index contributed by atoms with van der Waals surface area (Å²) in [7, 11) is 1.61. The average Bonchev–Trinajstić information content (AvgIpc) is 2.90. The molecule has 1 saturated heterocycles. The van der Waals surface area contributed by atoms with Gasteiger partial charge >= 0.3 is 0 Å². The predicted octanol–water partition coefficient (Wildman–Crippen LogP) is 2.86. The van der Waals surface area contributed by atoms with Crippen LogP contribution in [0.4, 0.5) is 0 Å². The van der Waals surface area contributed by atoms with Gasteiger partial charge in [-0.15, -0.1) is 5.10 Å². The van der Waals surface area contributed by atoms with Crippen molar-refractivity contribution in [3.8, 4) is 5.88 Å². The molecule has 0 bridgehead atoms. The summed E-state index contributed by atoms with van der Waals surface area (Å²) in [6.45, 7) is 4.26. The Kier molecular flexibility index (Phi) is 4.15. The molecule has 0 saturated carbocycles. The van der Waals surface area contributed by atoms with Gasteiger partial charge in [-0.05, 0) is 31.5 Å². The van der Waals surface area contributed by atoms with Crippen molar-refractivity contribution in [1.29, 1.82) is 0 Å². The molecule has 0 spiro atoms.